The van der Waals surface area contributed by atoms with Crippen LogP contribution in [0.15, 0.2) is 30.5 Å². The van der Waals surface area contributed by atoms with E-state index in [0.29, 0.717) is 11.5 Å². The Morgan fingerprint density at radius 1 is 1.44 bits per heavy atom. The molecule has 2 aromatic rings. The van der Waals surface area contributed by atoms with Gasteiger partial charge in [-0.05, 0) is 25.1 Å². The summed E-state index contributed by atoms with van der Waals surface area (Å²) in [4.78, 5) is 0.409. The molecule has 4 nitrogen and oxygen atoms in total. The summed E-state index contributed by atoms with van der Waals surface area (Å²) >= 11 is 5.07. The summed E-state index contributed by atoms with van der Waals surface area (Å²) in [7, 11) is 1.92. The summed E-state index contributed by atoms with van der Waals surface area (Å²) in [6.45, 7) is 2.71. The predicted molar refractivity (Wildman–Crippen MR) is 77.6 cm³/mol. The maximum Gasteiger partial charge on any atom is 0.106 e. The lowest BCUT2D eigenvalue weighted by atomic mass is 10.1. The molecule has 0 fully saturated rings. The number of nitrogens with zero attached hydrogens (tertiary/aromatic N) is 2. The van der Waals surface area contributed by atoms with E-state index in [-0.39, 0.29) is 0 Å². The fourth-order valence-electron chi connectivity index (χ4n) is 1.78. The molecule has 18 heavy (non-hydrogen) atoms. The van der Waals surface area contributed by atoms with Gasteiger partial charge < -0.3 is 11.1 Å². The third-order valence-electron chi connectivity index (χ3n) is 2.82. The summed E-state index contributed by atoms with van der Waals surface area (Å²) in [5.74, 6) is 0. The molecule has 0 unspecified atom stereocenters. The molecule has 0 radical (unpaired) electrons. The Labute approximate surface area is 112 Å². The molecule has 5 heteroatoms. The molecule has 1 heterocycles. The van der Waals surface area contributed by atoms with Crippen LogP contribution in [0.5, 0.6) is 0 Å². The first-order chi connectivity index (χ1) is 8.58. The number of rotatable bonds is 4. The molecular formula is C13H16N4S. The monoisotopic (exact) mass is 260 g/mol. The number of aryl methyl sites for hydroxylation is 2. The van der Waals surface area contributed by atoms with Gasteiger partial charge in [0.05, 0.1) is 12.2 Å². The number of thiocarbonyl (C=S) groups is 1. The highest BCUT2D eigenvalue weighted by Gasteiger charge is 2.06. The van der Waals surface area contributed by atoms with E-state index >= 15 is 0 Å². The van der Waals surface area contributed by atoms with Gasteiger partial charge in [-0.1, -0.05) is 23.8 Å². The summed E-state index contributed by atoms with van der Waals surface area (Å²) in [5, 5.41) is 7.46. The molecule has 0 bridgehead atoms. The van der Waals surface area contributed by atoms with E-state index in [9.17, 15) is 0 Å². The molecule has 0 saturated heterocycles. The van der Waals surface area contributed by atoms with Crippen molar-refractivity contribution in [1.82, 2.24) is 9.78 Å². The Balaban J connectivity index is 2.19. The normalized spacial score (nSPS) is 10.3. The van der Waals surface area contributed by atoms with E-state index < -0.39 is 0 Å². The van der Waals surface area contributed by atoms with Gasteiger partial charge in [0.25, 0.3) is 0 Å². The highest BCUT2D eigenvalue weighted by Crippen LogP contribution is 2.18. The molecule has 0 amide bonds. The molecule has 0 spiro atoms. The van der Waals surface area contributed by atoms with Gasteiger partial charge in [0.1, 0.15) is 4.99 Å². The first kappa shape index (κ1) is 12.6. The minimum Gasteiger partial charge on any atom is -0.389 e. The first-order valence-electron chi connectivity index (χ1n) is 5.69. The van der Waals surface area contributed by atoms with Crippen LogP contribution in [0.3, 0.4) is 0 Å². The van der Waals surface area contributed by atoms with Crippen LogP contribution in [-0.4, -0.2) is 14.8 Å². The van der Waals surface area contributed by atoms with Crippen molar-refractivity contribution in [3.05, 3.63) is 47.3 Å². The molecule has 94 valence electrons. The maximum absolute atomic E-state index is 5.74. The molecule has 0 saturated carbocycles. The number of nitrogens with two attached hydrogens (primary N) is 1. The Morgan fingerprint density at radius 2 is 2.22 bits per heavy atom. The zero-order valence-electron chi connectivity index (χ0n) is 10.5. The SMILES string of the molecule is Cc1ccc(NCc2ccnn2C)c(C(N)=S)c1. The third kappa shape index (κ3) is 2.68. The summed E-state index contributed by atoms with van der Waals surface area (Å²) < 4.78 is 1.83. The lowest BCUT2D eigenvalue weighted by Gasteiger charge is -2.12. The van der Waals surface area contributed by atoms with Gasteiger partial charge in [0.2, 0.25) is 0 Å². The zero-order chi connectivity index (χ0) is 13.1. The molecule has 0 aliphatic rings. The Hall–Kier alpha value is -1.88. The average molecular weight is 260 g/mol. The number of anilines is 1. The lowest BCUT2D eigenvalue weighted by molar-refractivity contribution is 0.720. The van der Waals surface area contributed by atoms with Crippen molar-refractivity contribution in [2.75, 3.05) is 5.32 Å². The largest absolute Gasteiger partial charge is 0.389 e. The van der Waals surface area contributed by atoms with Gasteiger partial charge in [0.15, 0.2) is 0 Å². The van der Waals surface area contributed by atoms with Crippen LogP contribution in [0, 0.1) is 6.92 Å². The average Bonchev–Trinajstić information content (AvgIpc) is 2.73. The number of hydrogen-bond acceptors (Lipinski definition) is 3. The van der Waals surface area contributed by atoms with Crippen molar-refractivity contribution in [2.24, 2.45) is 12.8 Å². The second kappa shape index (κ2) is 5.18. The second-order valence-corrected chi connectivity index (χ2v) is 4.65. The maximum atomic E-state index is 5.74. The summed E-state index contributed by atoms with van der Waals surface area (Å²) in [5.41, 5.74) is 9.81. The summed E-state index contributed by atoms with van der Waals surface area (Å²) in [6, 6.07) is 8.00. The van der Waals surface area contributed by atoms with E-state index in [1.54, 1.807) is 6.20 Å². The Morgan fingerprint density at radius 3 is 2.83 bits per heavy atom. The van der Waals surface area contributed by atoms with Crippen LogP contribution in [0.4, 0.5) is 5.69 Å². The van der Waals surface area contributed by atoms with Crippen LogP contribution in [0.2, 0.25) is 0 Å². The number of hydrogen-bond donors (Lipinski definition) is 2. The van der Waals surface area contributed by atoms with Gasteiger partial charge in [-0.2, -0.15) is 5.10 Å². The molecular weight excluding hydrogens is 244 g/mol. The van der Waals surface area contributed by atoms with Crippen molar-refractivity contribution in [1.29, 1.82) is 0 Å². The van der Waals surface area contributed by atoms with Gasteiger partial charge in [-0.15, -0.1) is 0 Å². The quantitative estimate of drug-likeness (QED) is 0.825. The zero-order valence-corrected chi connectivity index (χ0v) is 11.3. The third-order valence-corrected chi connectivity index (χ3v) is 3.04. The fraction of sp³-hybridized carbons (Fsp3) is 0.231. The van der Waals surface area contributed by atoms with Gasteiger partial charge in [-0.25, -0.2) is 0 Å². The Bertz CT molecular complexity index is 574. The van der Waals surface area contributed by atoms with Gasteiger partial charge in [0, 0.05) is 24.5 Å². The fourth-order valence-corrected chi connectivity index (χ4v) is 1.95. The van der Waals surface area contributed by atoms with Crippen molar-refractivity contribution in [3.8, 4) is 0 Å². The Kier molecular flexibility index (Phi) is 3.62. The van der Waals surface area contributed by atoms with Crippen LogP contribution >= 0.6 is 12.2 Å². The van der Waals surface area contributed by atoms with E-state index in [4.69, 9.17) is 18.0 Å². The van der Waals surface area contributed by atoms with E-state index in [1.807, 2.05) is 42.9 Å². The van der Waals surface area contributed by atoms with E-state index in [0.717, 1.165) is 22.5 Å². The topological polar surface area (TPSA) is 55.9 Å². The smallest absolute Gasteiger partial charge is 0.106 e. The molecule has 1 aromatic carbocycles. The van der Waals surface area contributed by atoms with Gasteiger partial charge in [-0.3, -0.25) is 4.68 Å². The summed E-state index contributed by atoms with van der Waals surface area (Å²) in [6.07, 6.45) is 1.78. The second-order valence-electron chi connectivity index (χ2n) is 4.21. The molecule has 0 atom stereocenters. The van der Waals surface area contributed by atoms with Crippen molar-refractivity contribution >= 4 is 22.9 Å². The first-order valence-corrected chi connectivity index (χ1v) is 6.10. The standard InChI is InChI=1S/C13H16N4S/c1-9-3-4-12(11(7-9)13(14)18)15-8-10-5-6-16-17(10)2/h3-7,15H,8H2,1-2H3,(H2,14,18). The van der Waals surface area contributed by atoms with Crippen molar-refractivity contribution in [2.45, 2.75) is 13.5 Å². The van der Waals surface area contributed by atoms with Crippen molar-refractivity contribution < 1.29 is 0 Å². The lowest BCUT2D eigenvalue weighted by Crippen LogP contribution is -2.14. The molecule has 1 aromatic heterocycles. The minimum atomic E-state index is 0.409. The van der Waals surface area contributed by atoms with E-state index in [1.165, 1.54) is 0 Å². The van der Waals surface area contributed by atoms with Crippen LogP contribution in [0.25, 0.3) is 0 Å². The number of aromatic nitrogens is 2. The molecule has 3 N–H and O–H groups in total. The molecule has 2 rings (SSSR count). The van der Waals surface area contributed by atoms with Crippen LogP contribution in [0.1, 0.15) is 16.8 Å². The minimum absolute atomic E-state index is 0.409. The molecule has 0 aliphatic carbocycles. The highest BCUT2D eigenvalue weighted by molar-refractivity contribution is 7.80. The van der Waals surface area contributed by atoms with Crippen LogP contribution < -0.4 is 11.1 Å². The highest BCUT2D eigenvalue weighted by atomic mass is 32.1. The predicted octanol–water partition coefficient (Wildman–Crippen LogP) is 1.97. The van der Waals surface area contributed by atoms with Crippen LogP contribution in [-0.2, 0) is 13.6 Å². The number of nitrogens with one attached hydrogen (secondary N) is 1. The molecule has 0 aliphatic heterocycles. The van der Waals surface area contributed by atoms with E-state index in [2.05, 4.69) is 10.4 Å². The van der Waals surface area contributed by atoms with Crippen molar-refractivity contribution in [3.63, 3.8) is 0 Å². The van der Waals surface area contributed by atoms with Gasteiger partial charge >= 0.3 is 0 Å². The number of benzene rings is 1.